The van der Waals surface area contributed by atoms with Gasteiger partial charge >= 0.3 is 0 Å². The number of nitro benzene ring substituents is 1. The number of hydrogen-bond acceptors (Lipinski definition) is 6. The highest BCUT2D eigenvalue weighted by atomic mass is 35.5. The lowest BCUT2D eigenvalue weighted by Gasteiger charge is -2.18. The molecule has 0 spiro atoms. The summed E-state index contributed by atoms with van der Waals surface area (Å²) < 4.78 is 3.04. The van der Waals surface area contributed by atoms with Crippen molar-refractivity contribution < 1.29 is 9.72 Å². The topological polar surface area (TPSA) is 94.2 Å². The Kier molecular flexibility index (Phi) is 8.14. The van der Waals surface area contributed by atoms with E-state index in [1.807, 2.05) is 30.7 Å². The first-order chi connectivity index (χ1) is 15.9. The van der Waals surface area contributed by atoms with Gasteiger partial charge in [0, 0.05) is 43.7 Å². The summed E-state index contributed by atoms with van der Waals surface area (Å²) in [6, 6.07) is 10.3. The molecule has 0 bridgehead atoms. The van der Waals surface area contributed by atoms with Gasteiger partial charge in [-0.25, -0.2) is 9.97 Å². The zero-order valence-corrected chi connectivity index (χ0v) is 20.4. The number of benzene rings is 2. The standard InChI is InChI=1S/C24H23N5O3S.ClH/c1-17-7-8-18(2)23-22(17)26-24(33-23)28(13-4-12-27-14-11-25-16-27)21(30)10-9-19-5-3-6-20(15-19)29(31)32;/h3,5-11,14-16H,4,12-13H2,1-2H3;1H/b10-9+;. The zero-order chi connectivity index (χ0) is 23.4. The molecule has 4 rings (SSSR count). The Balaban J connectivity index is 0.00000324. The number of non-ortho nitro benzene ring substituents is 1. The maximum Gasteiger partial charge on any atom is 0.270 e. The zero-order valence-electron chi connectivity index (χ0n) is 18.7. The Morgan fingerprint density at radius 1 is 1.24 bits per heavy atom. The van der Waals surface area contributed by atoms with Crippen LogP contribution in [0.25, 0.3) is 16.3 Å². The molecular formula is C24H24ClN5O3S. The number of carbonyl (C=O) groups is 1. The van der Waals surface area contributed by atoms with Crippen molar-refractivity contribution in [2.75, 3.05) is 11.4 Å². The maximum absolute atomic E-state index is 13.2. The van der Waals surface area contributed by atoms with E-state index in [9.17, 15) is 14.9 Å². The molecule has 2 heterocycles. The number of amides is 1. The number of thiazole rings is 1. The molecule has 2 aromatic carbocycles. The number of hydrogen-bond donors (Lipinski definition) is 0. The van der Waals surface area contributed by atoms with Gasteiger partial charge < -0.3 is 4.57 Å². The number of aromatic nitrogens is 3. The first-order valence-electron chi connectivity index (χ1n) is 10.5. The normalized spacial score (nSPS) is 11.0. The summed E-state index contributed by atoms with van der Waals surface area (Å²) in [4.78, 5) is 34.3. The third kappa shape index (κ3) is 5.67. The van der Waals surface area contributed by atoms with Gasteiger partial charge in [0.1, 0.15) is 0 Å². The number of aryl methyl sites for hydroxylation is 3. The average Bonchev–Trinajstić information content (AvgIpc) is 3.48. The Hall–Kier alpha value is -3.56. The second-order valence-corrected chi connectivity index (χ2v) is 8.68. The van der Waals surface area contributed by atoms with Crippen molar-refractivity contribution in [3.05, 3.63) is 88.0 Å². The van der Waals surface area contributed by atoms with Crippen LogP contribution in [0.2, 0.25) is 0 Å². The third-order valence-corrected chi connectivity index (χ3v) is 6.50. The summed E-state index contributed by atoms with van der Waals surface area (Å²) in [6.45, 7) is 5.26. The van der Waals surface area contributed by atoms with Crippen molar-refractivity contribution in [2.24, 2.45) is 0 Å². The summed E-state index contributed by atoms with van der Waals surface area (Å²) >= 11 is 1.50. The van der Waals surface area contributed by atoms with Crippen LogP contribution in [-0.2, 0) is 11.3 Å². The van der Waals surface area contributed by atoms with Crippen LogP contribution < -0.4 is 4.90 Å². The molecule has 10 heteroatoms. The predicted molar refractivity (Wildman–Crippen MR) is 138 cm³/mol. The van der Waals surface area contributed by atoms with Crippen LogP contribution in [0, 0.1) is 24.0 Å². The molecule has 2 aromatic heterocycles. The summed E-state index contributed by atoms with van der Waals surface area (Å²) in [5.41, 5.74) is 3.67. The van der Waals surface area contributed by atoms with Crippen LogP contribution in [0.5, 0.6) is 0 Å². The minimum absolute atomic E-state index is 0. The molecule has 0 N–H and O–H groups in total. The fourth-order valence-corrected chi connectivity index (χ4v) is 4.64. The highest BCUT2D eigenvalue weighted by molar-refractivity contribution is 7.22. The molecular weight excluding hydrogens is 474 g/mol. The van der Waals surface area contributed by atoms with Crippen LogP contribution in [0.1, 0.15) is 23.1 Å². The van der Waals surface area contributed by atoms with Crippen molar-refractivity contribution >= 4 is 56.8 Å². The highest BCUT2D eigenvalue weighted by Crippen LogP contribution is 2.33. The fraction of sp³-hybridized carbons (Fsp3) is 0.208. The number of anilines is 1. The molecule has 176 valence electrons. The molecule has 0 radical (unpaired) electrons. The van der Waals surface area contributed by atoms with E-state index in [0.717, 1.165) is 34.3 Å². The van der Waals surface area contributed by atoms with E-state index < -0.39 is 4.92 Å². The minimum Gasteiger partial charge on any atom is -0.337 e. The lowest BCUT2D eigenvalue weighted by molar-refractivity contribution is -0.384. The van der Waals surface area contributed by atoms with Gasteiger partial charge in [-0.05, 0) is 43.0 Å². The number of rotatable bonds is 8. The molecule has 0 saturated heterocycles. The quantitative estimate of drug-likeness (QED) is 0.180. The summed E-state index contributed by atoms with van der Waals surface area (Å²) in [5.74, 6) is -0.221. The number of halogens is 1. The van der Waals surface area contributed by atoms with Gasteiger partial charge in [0.15, 0.2) is 5.13 Å². The van der Waals surface area contributed by atoms with Crippen molar-refractivity contribution in [3.8, 4) is 0 Å². The Morgan fingerprint density at radius 2 is 2.03 bits per heavy atom. The summed E-state index contributed by atoms with van der Waals surface area (Å²) in [7, 11) is 0. The Bertz CT molecular complexity index is 1290. The highest BCUT2D eigenvalue weighted by Gasteiger charge is 2.19. The van der Waals surface area contributed by atoms with E-state index in [4.69, 9.17) is 4.98 Å². The minimum atomic E-state index is -0.451. The number of fused-ring (bicyclic) bond motifs is 1. The summed E-state index contributed by atoms with van der Waals surface area (Å²) in [5, 5.41) is 11.7. The van der Waals surface area contributed by atoms with Gasteiger partial charge in [-0.15, -0.1) is 12.4 Å². The van der Waals surface area contributed by atoms with Crippen molar-refractivity contribution in [2.45, 2.75) is 26.8 Å². The molecule has 0 saturated carbocycles. The van der Waals surface area contributed by atoms with E-state index in [0.29, 0.717) is 17.2 Å². The van der Waals surface area contributed by atoms with Crippen molar-refractivity contribution in [1.29, 1.82) is 0 Å². The molecule has 8 nitrogen and oxygen atoms in total. The molecule has 0 unspecified atom stereocenters. The third-order valence-electron chi connectivity index (χ3n) is 5.28. The first kappa shape index (κ1) is 25.1. The lowest BCUT2D eigenvalue weighted by Crippen LogP contribution is -2.30. The van der Waals surface area contributed by atoms with Gasteiger partial charge in [0.25, 0.3) is 11.6 Å². The SMILES string of the molecule is Cc1ccc(C)c2sc(N(CCCn3ccnc3)C(=O)/C=C/c3cccc([N+](=O)[O-])c3)nc12.Cl. The van der Waals surface area contributed by atoms with Gasteiger partial charge in [0.2, 0.25) is 0 Å². The smallest absolute Gasteiger partial charge is 0.270 e. The second kappa shape index (κ2) is 11.0. The average molecular weight is 498 g/mol. The largest absolute Gasteiger partial charge is 0.337 e. The van der Waals surface area contributed by atoms with Crippen LogP contribution in [0.15, 0.2) is 61.2 Å². The number of carbonyl (C=O) groups excluding carboxylic acids is 1. The van der Waals surface area contributed by atoms with E-state index in [1.54, 1.807) is 35.6 Å². The summed E-state index contributed by atoms with van der Waals surface area (Å²) in [6.07, 6.45) is 9.13. The van der Waals surface area contributed by atoms with Crippen LogP contribution >= 0.6 is 23.7 Å². The molecule has 0 aliphatic carbocycles. The van der Waals surface area contributed by atoms with E-state index >= 15 is 0 Å². The number of nitro groups is 1. The van der Waals surface area contributed by atoms with Gasteiger partial charge in [-0.1, -0.05) is 35.6 Å². The molecule has 0 aliphatic heterocycles. The van der Waals surface area contributed by atoms with E-state index in [1.165, 1.54) is 29.5 Å². The Morgan fingerprint density at radius 3 is 2.74 bits per heavy atom. The van der Waals surface area contributed by atoms with Crippen molar-refractivity contribution in [1.82, 2.24) is 14.5 Å². The van der Waals surface area contributed by atoms with Crippen LogP contribution in [0.3, 0.4) is 0 Å². The second-order valence-electron chi connectivity index (χ2n) is 7.70. The first-order valence-corrected chi connectivity index (χ1v) is 11.3. The van der Waals surface area contributed by atoms with Gasteiger partial charge in [-0.3, -0.25) is 19.8 Å². The van der Waals surface area contributed by atoms with Crippen molar-refractivity contribution in [3.63, 3.8) is 0 Å². The van der Waals surface area contributed by atoms with E-state index in [-0.39, 0.29) is 24.0 Å². The molecule has 0 aliphatic rings. The lowest BCUT2D eigenvalue weighted by atomic mass is 10.1. The maximum atomic E-state index is 13.2. The van der Waals surface area contributed by atoms with Gasteiger partial charge in [0.05, 0.1) is 21.5 Å². The molecule has 34 heavy (non-hydrogen) atoms. The Labute approximate surface area is 207 Å². The van der Waals surface area contributed by atoms with Crippen LogP contribution in [0.4, 0.5) is 10.8 Å². The van der Waals surface area contributed by atoms with E-state index in [2.05, 4.69) is 11.1 Å². The molecule has 4 aromatic rings. The fourth-order valence-electron chi connectivity index (χ4n) is 3.49. The van der Waals surface area contributed by atoms with Gasteiger partial charge in [-0.2, -0.15) is 0 Å². The number of nitrogens with zero attached hydrogens (tertiary/aromatic N) is 5. The molecule has 0 atom stereocenters. The monoisotopic (exact) mass is 497 g/mol. The molecule has 0 fully saturated rings. The predicted octanol–water partition coefficient (Wildman–Crippen LogP) is 5.58. The molecule has 1 amide bonds. The van der Waals surface area contributed by atoms with Crippen LogP contribution in [-0.4, -0.2) is 31.9 Å². The number of imidazole rings is 1.